The highest BCUT2D eigenvalue weighted by Crippen LogP contribution is 2.27. The summed E-state index contributed by atoms with van der Waals surface area (Å²) in [4.78, 5) is 15.1. The van der Waals surface area contributed by atoms with Gasteiger partial charge in [-0.25, -0.2) is 0 Å². The maximum atomic E-state index is 12.7. The van der Waals surface area contributed by atoms with Crippen molar-refractivity contribution in [3.05, 3.63) is 39.9 Å². The molecular formula is C15H17N3O2S. The monoisotopic (exact) mass is 303 g/mol. The van der Waals surface area contributed by atoms with E-state index in [1.54, 1.807) is 12.1 Å². The van der Waals surface area contributed by atoms with E-state index in [0.29, 0.717) is 18.0 Å². The van der Waals surface area contributed by atoms with Crippen LogP contribution in [0.15, 0.2) is 18.2 Å². The predicted molar refractivity (Wildman–Crippen MR) is 80.5 cm³/mol. The SMILES string of the molecule is CC(C)c1nnsc1C(=O)N1CCc2ccc(O)cc2C1. The molecule has 110 valence electrons. The van der Waals surface area contributed by atoms with Gasteiger partial charge in [-0.3, -0.25) is 4.79 Å². The van der Waals surface area contributed by atoms with Gasteiger partial charge in [-0.2, -0.15) is 0 Å². The maximum absolute atomic E-state index is 12.7. The molecule has 6 heteroatoms. The number of amides is 1. The molecule has 1 N–H and O–H groups in total. The Morgan fingerprint density at radius 2 is 2.19 bits per heavy atom. The molecule has 2 aromatic rings. The first-order valence-corrected chi connectivity index (χ1v) is 7.76. The van der Waals surface area contributed by atoms with Gasteiger partial charge in [0, 0.05) is 13.1 Å². The van der Waals surface area contributed by atoms with Crippen LogP contribution in [0.3, 0.4) is 0 Å². The van der Waals surface area contributed by atoms with Crippen LogP contribution in [0.1, 0.15) is 46.3 Å². The molecule has 0 saturated heterocycles. The Morgan fingerprint density at radius 3 is 2.95 bits per heavy atom. The number of aromatic nitrogens is 2. The van der Waals surface area contributed by atoms with Gasteiger partial charge in [0.1, 0.15) is 10.6 Å². The molecule has 1 aromatic carbocycles. The molecule has 0 saturated carbocycles. The van der Waals surface area contributed by atoms with Crippen LogP contribution in [-0.4, -0.2) is 32.0 Å². The summed E-state index contributed by atoms with van der Waals surface area (Å²) in [6.07, 6.45) is 0.810. The van der Waals surface area contributed by atoms with Crippen LogP contribution >= 0.6 is 11.5 Å². The topological polar surface area (TPSA) is 66.3 Å². The van der Waals surface area contributed by atoms with E-state index in [1.807, 2.05) is 24.8 Å². The molecule has 21 heavy (non-hydrogen) atoms. The average molecular weight is 303 g/mol. The highest BCUT2D eigenvalue weighted by Gasteiger charge is 2.26. The Morgan fingerprint density at radius 1 is 1.38 bits per heavy atom. The molecule has 1 aromatic heterocycles. The van der Waals surface area contributed by atoms with E-state index in [1.165, 1.54) is 5.56 Å². The van der Waals surface area contributed by atoms with Gasteiger partial charge in [0.15, 0.2) is 0 Å². The van der Waals surface area contributed by atoms with Crippen LogP contribution in [0.25, 0.3) is 0 Å². The summed E-state index contributed by atoms with van der Waals surface area (Å²) >= 11 is 1.16. The molecule has 1 aliphatic rings. The summed E-state index contributed by atoms with van der Waals surface area (Å²) < 4.78 is 3.92. The zero-order valence-corrected chi connectivity index (χ0v) is 12.9. The Balaban J connectivity index is 1.85. The number of carbonyl (C=O) groups excluding carboxylic acids is 1. The second kappa shape index (κ2) is 5.44. The first-order valence-electron chi connectivity index (χ1n) is 6.98. The number of nitrogens with zero attached hydrogens (tertiary/aromatic N) is 3. The molecule has 3 rings (SSSR count). The van der Waals surface area contributed by atoms with Crippen molar-refractivity contribution < 1.29 is 9.90 Å². The Kier molecular flexibility index (Phi) is 3.63. The summed E-state index contributed by atoms with van der Waals surface area (Å²) in [6, 6.07) is 5.36. The molecule has 2 heterocycles. The second-order valence-electron chi connectivity index (χ2n) is 5.57. The number of carbonyl (C=O) groups is 1. The lowest BCUT2D eigenvalue weighted by Gasteiger charge is -2.28. The van der Waals surface area contributed by atoms with E-state index in [9.17, 15) is 9.90 Å². The van der Waals surface area contributed by atoms with Crippen LogP contribution in [-0.2, 0) is 13.0 Å². The Hall–Kier alpha value is -1.95. The van der Waals surface area contributed by atoms with Gasteiger partial charge in [-0.15, -0.1) is 5.10 Å². The van der Waals surface area contributed by atoms with Crippen LogP contribution < -0.4 is 0 Å². The molecule has 5 nitrogen and oxygen atoms in total. The third kappa shape index (κ3) is 2.63. The van der Waals surface area contributed by atoms with E-state index in [4.69, 9.17) is 0 Å². The van der Waals surface area contributed by atoms with Crippen molar-refractivity contribution in [1.82, 2.24) is 14.5 Å². The van der Waals surface area contributed by atoms with Gasteiger partial charge in [-0.1, -0.05) is 24.4 Å². The third-order valence-electron chi connectivity index (χ3n) is 3.74. The number of phenolic OH excluding ortho intramolecular Hbond substituents is 1. The van der Waals surface area contributed by atoms with Crippen molar-refractivity contribution in [3.63, 3.8) is 0 Å². The number of fused-ring (bicyclic) bond motifs is 1. The van der Waals surface area contributed by atoms with Crippen LogP contribution in [0, 0.1) is 0 Å². The molecule has 1 amide bonds. The van der Waals surface area contributed by atoms with Crippen molar-refractivity contribution in [2.75, 3.05) is 6.54 Å². The number of hydrogen-bond donors (Lipinski definition) is 1. The fourth-order valence-corrected chi connectivity index (χ4v) is 3.37. The molecule has 0 unspecified atom stereocenters. The van der Waals surface area contributed by atoms with E-state index in [-0.39, 0.29) is 17.6 Å². The number of benzene rings is 1. The largest absolute Gasteiger partial charge is 0.508 e. The molecular weight excluding hydrogens is 286 g/mol. The minimum absolute atomic E-state index is 0.0114. The number of rotatable bonds is 2. The second-order valence-corrected chi connectivity index (χ2v) is 6.33. The number of aromatic hydroxyl groups is 1. The van der Waals surface area contributed by atoms with Crippen molar-refractivity contribution in [2.45, 2.75) is 32.7 Å². The van der Waals surface area contributed by atoms with Gasteiger partial charge >= 0.3 is 0 Å². The fraction of sp³-hybridized carbons (Fsp3) is 0.400. The summed E-state index contributed by atoms with van der Waals surface area (Å²) in [6.45, 7) is 5.23. The van der Waals surface area contributed by atoms with Crippen molar-refractivity contribution in [1.29, 1.82) is 0 Å². The van der Waals surface area contributed by atoms with E-state index in [0.717, 1.165) is 29.2 Å². The molecule has 0 spiro atoms. The van der Waals surface area contributed by atoms with Gasteiger partial charge in [0.2, 0.25) is 0 Å². The van der Waals surface area contributed by atoms with Crippen LogP contribution in [0.4, 0.5) is 0 Å². The van der Waals surface area contributed by atoms with Crippen molar-refractivity contribution >= 4 is 17.4 Å². The number of phenols is 1. The molecule has 0 radical (unpaired) electrons. The van der Waals surface area contributed by atoms with Crippen molar-refractivity contribution in [3.8, 4) is 5.75 Å². The van der Waals surface area contributed by atoms with Gasteiger partial charge in [0.05, 0.1) is 5.69 Å². The zero-order valence-electron chi connectivity index (χ0n) is 12.0. The minimum atomic E-state index is -0.0114. The van der Waals surface area contributed by atoms with E-state index < -0.39 is 0 Å². The molecule has 1 aliphatic heterocycles. The predicted octanol–water partition coefficient (Wildman–Crippen LogP) is 2.57. The fourth-order valence-electron chi connectivity index (χ4n) is 2.58. The lowest BCUT2D eigenvalue weighted by molar-refractivity contribution is 0.0737. The first kappa shape index (κ1) is 14.0. The lowest BCUT2D eigenvalue weighted by atomic mass is 9.99. The van der Waals surface area contributed by atoms with Gasteiger partial charge < -0.3 is 10.0 Å². The Labute approximate surface area is 127 Å². The average Bonchev–Trinajstić information content (AvgIpc) is 2.95. The van der Waals surface area contributed by atoms with Crippen molar-refractivity contribution in [2.24, 2.45) is 0 Å². The quantitative estimate of drug-likeness (QED) is 0.926. The summed E-state index contributed by atoms with van der Waals surface area (Å²) in [5.74, 6) is 0.414. The molecule has 0 fully saturated rings. The van der Waals surface area contributed by atoms with E-state index in [2.05, 4.69) is 9.59 Å². The zero-order chi connectivity index (χ0) is 15.0. The highest BCUT2D eigenvalue weighted by molar-refractivity contribution is 7.08. The summed E-state index contributed by atoms with van der Waals surface area (Å²) in [5.41, 5.74) is 2.98. The Bertz CT molecular complexity index is 681. The smallest absolute Gasteiger partial charge is 0.267 e. The number of hydrogen-bond acceptors (Lipinski definition) is 5. The van der Waals surface area contributed by atoms with Crippen LogP contribution in [0.5, 0.6) is 5.75 Å². The summed E-state index contributed by atoms with van der Waals surface area (Å²) in [7, 11) is 0. The molecule has 0 bridgehead atoms. The molecule has 0 atom stereocenters. The standard InChI is InChI=1S/C15H17N3O2S/c1-9(2)13-14(21-17-16-13)15(20)18-6-5-10-3-4-12(19)7-11(10)8-18/h3-4,7,9,19H,5-6,8H2,1-2H3. The molecule has 0 aliphatic carbocycles. The normalized spacial score (nSPS) is 14.3. The maximum Gasteiger partial charge on any atom is 0.267 e. The highest BCUT2D eigenvalue weighted by atomic mass is 32.1. The third-order valence-corrected chi connectivity index (χ3v) is 4.47. The van der Waals surface area contributed by atoms with Gasteiger partial charge in [0.25, 0.3) is 5.91 Å². The van der Waals surface area contributed by atoms with Gasteiger partial charge in [-0.05, 0) is 47.1 Å². The lowest BCUT2D eigenvalue weighted by Crippen LogP contribution is -2.36. The summed E-state index contributed by atoms with van der Waals surface area (Å²) in [5, 5.41) is 13.7. The minimum Gasteiger partial charge on any atom is -0.508 e. The van der Waals surface area contributed by atoms with Crippen LogP contribution in [0.2, 0.25) is 0 Å². The van der Waals surface area contributed by atoms with E-state index >= 15 is 0 Å². The first-order chi connectivity index (χ1) is 10.1.